The van der Waals surface area contributed by atoms with E-state index in [0.29, 0.717) is 12.8 Å². The summed E-state index contributed by atoms with van der Waals surface area (Å²) in [4.78, 5) is 0. The molecule has 0 bridgehead atoms. The standard InChI is InChI=1S/C15H15F2/c1-15(16,17)11-5-9-13-8-4-7-12-6-2-3-10-14(12)13/h2-4,6-8,10H,1,5,9,11H2. The molecular weight excluding hydrogens is 218 g/mol. The van der Waals surface area contributed by atoms with Crippen molar-refractivity contribution < 1.29 is 8.78 Å². The summed E-state index contributed by atoms with van der Waals surface area (Å²) in [6.07, 6.45) is 0.979. The number of hydrogen-bond acceptors (Lipinski definition) is 0. The molecule has 0 fully saturated rings. The molecule has 0 aliphatic heterocycles. The Morgan fingerprint density at radius 1 is 1.00 bits per heavy atom. The van der Waals surface area contributed by atoms with E-state index in [2.05, 4.69) is 6.92 Å². The van der Waals surface area contributed by atoms with Crippen molar-refractivity contribution in [3.63, 3.8) is 0 Å². The van der Waals surface area contributed by atoms with Crippen LogP contribution in [-0.4, -0.2) is 5.92 Å². The monoisotopic (exact) mass is 233 g/mol. The lowest BCUT2D eigenvalue weighted by Crippen LogP contribution is -2.09. The van der Waals surface area contributed by atoms with Gasteiger partial charge in [-0.15, -0.1) is 0 Å². The third-order valence-corrected chi connectivity index (χ3v) is 2.87. The lowest BCUT2D eigenvalue weighted by atomic mass is 9.99. The SMILES string of the molecule is [CH2]C(F)(F)CCCc1cccc2ccccc12. The molecule has 0 atom stereocenters. The van der Waals surface area contributed by atoms with Crippen LogP contribution < -0.4 is 0 Å². The van der Waals surface area contributed by atoms with Gasteiger partial charge in [0.15, 0.2) is 0 Å². The average Bonchev–Trinajstić information content (AvgIpc) is 2.28. The number of benzene rings is 2. The van der Waals surface area contributed by atoms with Crippen LogP contribution in [0.3, 0.4) is 0 Å². The van der Waals surface area contributed by atoms with Crippen LogP contribution in [0.1, 0.15) is 18.4 Å². The van der Waals surface area contributed by atoms with E-state index in [-0.39, 0.29) is 6.42 Å². The van der Waals surface area contributed by atoms with Crippen LogP contribution in [0.25, 0.3) is 10.8 Å². The molecule has 0 heterocycles. The maximum absolute atomic E-state index is 12.6. The normalized spacial score (nSPS) is 11.9. The van der Waals surface area contributed by atoms with Gasteiger partial charge in [-0.1, -0.05) is 42.5 Å². The second-order valence-corrected chi connectivity index (χ2v) is 4.35. The van der Waals surface area contributed by atoms with E-state index in [1.807, 2.05) is 42.5 Å². The molecule has 17 heavy (non-hydrogen) atoms. The van der Waals surface area contributed by atoms with E-state index in [4.69, 9.17) is 0 Å². The van der Waals surface area contributed by atoms with Crippen LogP contribution in [-0.2, 0) is 6.42 Å². The fraction of sp³-hybridized carbons (Fsp3) is 0.267. The molecule has 0 aliphatic carbocycles. The summed E-state index contributed by atoms with van der Waals surface area (Å²) in [5.74, 6) is -2.80. The van der Waals surface area contributed by atoms with Crippen molar-refractivity contribution in [3.05, 3.63) is 55.0 Å². The Bertz CT molecular complexity index is 492. The summed E-state index contributed by atoms with van der Waals surface area (Å²) in [6.45, 7) is 2.83. The Kier molecular flexibility index (Phi) is 3.41. The topological polar surface area (TPSA) is 0 Å². The highest BCUT2D eigenvalue weighted by Gasteiger charge is 2.20. The Hall–Kier alpha value is -1.44. The molecule has 0 aliphatic rings. The van der Waals surface area contributed by atoms with Gasteiger partial charge in [-0.05, 0) is 29.2 Å². The first-order valence-electron chi connectivity index (χ1n) is 5.76. The maximum Gasteiger partial charge on any atom is 0.248 e. The number of alkyl halides is 2. The van der Waals surface area contributed by atoms with Crippen molar-refractivity contribution in [2.75, 3.05) is 0 Å². The van der Waals surface area contributed by atoms with Gasteiger partial charge >= 0.3 is 0 Å². The minimum atomic E-state index is -2.80. The summed E-state index contributed by atoms with van der Waals surface area (Å²) in [5.41, 5.74) is 1.13. The van der Waals surface area contributed by atoms with Crippen molar-refractivity contribution in [1.29, 1.82) is 0 Å². The van der Waals surface area contributed by atoms with Crippen LogP contribution in [0.2, 0.25) is 0 Å². The van der Waals surface area contributed by atoms with Crippen LogP contribution in [0.5, 0.6) is 0 Å². The Morgan fingerprint density at radius 3 is 2.47 bits per heavy atom. The summed E-state index contributed by atoms with van der Waals surface area (Å²) >= 11 is 0. The van der Waals surface area contributed by atoms with Crippen molar-refractivity contribution >= 4 is 10.8 Å². The molecule has 2 rings (SSSR count). The minimum absolute atomic E-state index is 0.157. The van der Waals surface area contributed by atoms with Crippen LogP contribution in [0, 0.1) is 6.92 Å². The lowest BCUT2D eigenvalue weighted by molar-refractivity contribution is 0.0403. The zero-order valence-electron chi connectivity index (χ0n) is 9.63. The van der Waals surface area contributed by atoms with E-state index in [1.54, 1.807) is 0 Å². The molecule has 0 saturated carbocycles. The van der Waals surface area contributed by atoms with Gasteiger partial charge in [0.1, 0.15) is 0 Å². The predicted molar refractivity (Wildman–Crippen MR) is 67.2 cm³/mol. The molecule has 2 aromatic rings. The summed E-state index contributed by atoms with van der Waals surface area (Å²) in [5, 5.41) is 2.31. The van der Waals surface area contributed by atoms with Crippen molar-refractivity contribution in [2.45, 2.75) is 25.2 Å². The third-order valence-electron chi connectivity index (χ3n) is 2.87. The molecule has 0 saturated heterocycles. The predicted octanol–water partition coefficient (Wildman–Crippen LogP) is 4.63. The van der Waals surface area contributed by atoms with Crippen LogP contribution in [0.15, 0.2) is 42.5 Å². The molecular formula is C15H15F2. The fourth-order valence-electron chi connectivity index (χ4n) is 2.05. The highest BCUT2D eigenvalue weighted by atomic mass is 19.3. The Balaban J connectivity index is 2.13. The van der Waals surface area contributed by atoms with Gasteiger partial charge in [0.2, 0.25) is 5.92 Å². The van der Waals surface area contributed by atoms with Gasteiger partial charge in [-0.2, -0.15) is 0 Å². The summed E-state index contributed by atoms with van der Waals surface area (Å²) in [7, 11) is 0. The summed E-state index contributed by atoms with van der Waals surface area (Å²) < 4.78 is 25.3. The van der Waals surface area contributed by atoms with Crippen molar-refractivity contribution in [1.82, 2.24) is 0 Å². The van der Waals surface area contributed by atoms with Gasteiger partial charge < -0.3 is 0 Å². The van der Waals surface area contributed by atoms with E-state index >= 15 is 0 Å². The highest BCUT2D eigenvalue weighted by molar-refractivity contribution is 5.85. The van der Waals surface area contributed by atoms with E-state index in [0.717, 1.165) is 16.3 Å². The summed E-state index contributed by atoms with van der Waals surface area (Å²) in [6, 6.07) is 14.0. The van der Waals surface area contributed by atoms with Gasteiger partial charge in [-0.25, -0.2) is 8.78 Å². The molecule has 0 N–H and O–H groups in total. The second-order valence-electron chi connectivity index (χ2n) is 4.35. The minimum Gasteiger partial charge on any atom is -0.207 e. The molecule has 1 radical (unpaired) electrons. The molecule has 2 heteroatoms. The fourth-order valence-corrected chi connectivity index (χ4v) is 2.05. The van der Waals surface area contributed by atoms with Crippen molar-refractivity contribution in [3.8, 4) is 0 Å². The van der Waals surface area contributed by atoms with Gasteiger partial charge in [0, 0.05) is 13.3 Å². The van der Waals surface area contributed by atoms with Gasteiger partial charge in [0.05, 0.1) is 0 Å². The number of halogens is 2. The van der Waals surface area contributed by atoms with Gasteiger partial charge in [0.25, 0.3) is 0 Å². The molecule has 0 spiro atoms. The Morgan fingerprint density at radius 2 is 1.71 bits per heavy atom. The van der Waals surface area contributed by atoms with E-state index in [9.17, 15) is 8.78 Å². The van der Waals surface area contributed by atoms with E-state index < -0.39 is 5.92 Å². The quantitative estimate of drug-likeness (QED) is 0.722. The molecule has 0 amide bonds. The van der Waals surface area contributed by atoms with Crippen LogP contribution >= 0.6 is 0 Å². The van der Waals surface area contributed by atoms with Crippen molar-refractivity contribution in [2.24, 2.45) is 0 Å². The average molecular weight is 233 g/mol. The Labute approximate surface area is 100 Å². The largest absolute Gasteiger partial charge is 0.248 e. The molecule has 2 aromatic carbocycles. The first-order chi connectivity index (χ1) is 8.06. The first-order valence-corrected chi connectivity index (χ1v) is 5.76. The molecule has 0 unspecified atom stereocenters. The molecule has 89 valence electrons. The lowest BCUT2D eigenvalue weighted by Gasteiger charge is -2.10. The number of rotatable bonds is 4. The molecule has 0 nitrogen and oxygen atoms in total. The smallest absolute Gasteiger partial charge is 0.207 e. The number of hydrogen-bond donors (Lipinski definition) is 0. The zero-order valence-corrected chi connectivity index (χ0v) is 9.63. The highest BCUT2D eigenvalue weighted by Crippen LogP contribution is 2.23. The zero-order chi connectivity index (χ0) is 12.3. The van der Waals surface area contributed by atoms with Gasteiger partial charge in [-0.3, -0.25) is 0 Å². The molecule has 0 aromatic heterocycles. The number of aryl methyl sites for hydroxylation is 1. The first kappa shape index (κ1) is 12.0. The third kappa shape index (κ3) is 3.26. The van der Waals surface area contributed by atoms with Crippen LogP contribution in [0.4, 0.5) is 8.78 Å². The second kappa shape index (κ2) is 4.82. The number of fused-ring (bicyclic) bond motifs is 1. The van der Waals surface area contributed by atoms with E-state index in [1.165, 1.54) is 0 Å². The maximum atomic E-state index is 12.6.